The fourth-order valence-electron chi connectivity index (χ4n) is 2.71. The second kappa shape index (κ2) is 9.39. The number of nitrogens with zero attached hydrogens (tertiary/aromatic N) is 2. The molecule has 0 radical (unpaired) electrons. The van der Waals surface area contributed by atoms with Gasteiger partial charge in [-0.05, 0) is 37.0 Å². The average Bonchev–Trinajstić information content (AvgIpc) is 3.14. The Bertz CT molecular complexity index is 649. The van der Waals surface area contributed by atoms with Crippen LogP contribution in [0.15, 0.2) is 24.3 Å². The minimum absolute atomic E-state index is 0.0531. The number of carbonyl (C=O) groups excluding carboxylic acids is 2. The molecule has 2 amide bonds. The minimum atomic E-state index is -0.928. The topological polar surface area (TPSA) is 142 Å². The number of hydrogen-bond acceptors (Lipinski definition) is 7. The zero-order valence-electron chi connectivity index (χ0n) is 14.2. The number of rotatable bonds is 8. The maximum Gasteiger partial charge on any atom is 0.405 e. The fraction of sp³-hybridized carbons (Fsp3) is 0.500. The van der Waals surface area contributed by atoms with E-state index >= 15 is 0 Å². The number of primary amides is 1. The highest BCUT2D eigenvalue weighted by Gasteiger charge is 2.24. The molecule has 1 fully saturated rings. The van der Waals surface area contributed by atoms with Gasteiger partial charge in [0.1, 0.15) is 6.10 Å². The Morgan fingerprint density at radius 3 is 2.54 bits per heavy atom. The number of carbonyl (C=O) groups is 2. The van der Waals surface area contributed by atoms with E-state index in [0.717, 1.165) is 5.75 Å². The van der Waals surface area contributed by atoms with E-state index in [0.29, 0.717) is 37.2 Å². The zero-order valence-corrected chi connectivity index (χ0v) is 15.0. The molecule has 1 aliphatic heterocycles. The average molecular weight is 382 g/mol. The highest BCUT2D eigenvalue weighted by atomic mass is 32.2. The Kier molecular flexibility index (Phi) is 7.22. The number of amides is 2. The number of thioether (sulfide) groups is 1. The molecule has 2 unspecified atom stereocenters. The van der Waals surface area contributed by atoms with Gasteiger partial charge < -0.3 is 21.1 Å². The maximum absolute atomic E-state index is 12.2. The van der Waals surface area contributed by atoms with Crippen molar-refractivity contribution in [2.24, 2.45) is 11.5 Å². The molecule has 1 aromatic rings. The van der Waals surface area contributed by atoms with Crippen molar-refractivity contribution >= 4 is 29.4 Å². The van der Waals surface area contributed by atoms with Gasteiger partial charge in [0.05, 0.1) is 16.8 Å². The first-order valence-electron chi connectivity index (χ1n) is 8.21. The van der Waals surface area contributed by atoms with Crippen molar-refractivity contribution in [1.29, 1.82) is 0 Å². The minimum Gasteiger partial charge on any atom is -0.442 e. The highest BCUT2D eigenvalue weighted by molar-refractivity contribution is 7.99. The van der Waals surface area contributed by atoms with Gasteiger partial charge in [-0.3, -0.25) is 14.9 Å². The molecule has 0 saturated carbocycles. The first-order valence-corrected chi connectivity index (χ1v) is 9.36. The van der Waals surface area contributed by atoms with Gasteiger partial charge in [-0.15, -0.1) is 11.8 Å². The Balaban J connectivity index is 1.91. The van der Waals surface area contributed by atoms with Gasteiger partial charge in [0, 0.05) is 24.4 Å². The Morgan fingerprint density at radius 1 is 1.31 bits per heavy atom. The van der Waals surface area contributed by atoms with Crippen molar-refractivity contribution < 1.29 is 19.2 Å². The largest absolute Gasteiger partial charge is 0.442 e. The lowest BCUT2D eigenvalue weighted by molar-refractivity contribution is -0.384. The van der Waals surface area contributed by atoms with Crippen molar-refractivity contribution in [2.75, 3.05) is 18.2 Å². The normalized spacial score (nSPS) is 16.1. The van der Waals surface area contributed by atoms with E-state index < -0.39 is 23.2 Å². The molecule has 0 aromatic heterocycles. The molecule has 142 valence electrons. The fourth-order valence-corrected chi connectivity index (χ4v) is 3.67. The molecule has 26 heavy (non-hydrogen) atoms. The van der Waals surface area contributed by atoms with E-state index in [4.69, 9.17) is 16.2 Å². The first kappa shape index (κ1) is 20.0. The van der Waals surface area contributed by atoms with Gasteiger partial charge in [0.25, 0.3) is 5.69 Å². The molecular weight excluding hydrogens is 360 g/mol. The third-order valence-electron chi connectivity index (χ3n) is 4.10. The summed E-state index contributed by atoms with van der Waals surface area (Å²) in [4.78, 5) is 35.3. The van der Waals surface area contributed by atoms with E-state index in [2.05, 4.69) is 0 Å². The summed E-state index contributed by atoms with van der Waals surface area (Å²) >= 11 is 1.69. The van der Waals surface area contributed by atoms with Crippen molar-refractivity contribution in [3.63, 3.8) is 0 Å². The summed E-state index contributed by atoms with van der Waals surface area (Å²) in [6.45, 7) is 0.716. The van der Waals surface area contributed by atoms with E-state index in [1.165, 1.54) is 24.3 Å². The highest BCUT2D eigenvalue weighted by Crippen LogP contribution is 2.26. The molecule has 1 saturated heterocycles. The van der Waals surface area contributed by atoms with Crippen molar-refractivity contribution in [3.8, 4) is 0 Å². The quantitative estimate of drug-likeness (QED) is 0.515. The Hall–Kier alpha value is -2.33. The van der Waals surface area contributed by atoms with Crippen LogP contribution in [0.5, 0.6) is 0 Å². The first-order chi connectivity index (χ1) is 12.4. The molecule has 2 rings (SSSR count). The predicted octanol–water partition coefficient (Wildman–Crippen LogP) is 1.76. The monoisotopic (exact) mass is 382 g/mol. The van der Waals surface area contributed by atoms with Gasteiger partial charge in [-0.2, -0.15) is 0 Å². The SMILES string of the molecule is NC(=O)OC(CCCC(N)C(=O)N1CCSC1)c1ccc([N+](=O)[O-])cc1. The summed E-state index contributed by atoms with van der Waals surface area (Å²) < 4.78 is 5.11. The van der Waals surface area contributed by atoms with Gasteiger partial charge in [-0.25, -0.2) is 4.79 Å². The molecule has 1 aliphatic rings. The number of non-ortho nitro benzene ring substituents is 1. The zero-order chi connectivity index (χ0) is 19.1. The molecule has 9 nitrogen and oxygen atoms in total. The number of nitrogens with two attached hydrogens (primary N) is 2. The lowest BCUT2D eigenvalue weighted by Crippen LogP contribution is -2.42. The second-order valence-corrected chi connectivity index (χ2v) is 7.03. The molecule has 10 heteroatoms. The number of ether oxygens (including phenoxy) is 1. The summed E-state index contributed by atoms with van der Waals surface area (Å²) in [5, 5.41) is 10.7. The molecule has 2 atom stereocenters. The third-order valence-corrected chi connectivity index (χ3v) is 5.06. The summed E-state index contributed by atoms with van der Waals surface area (Å²) in [5.74, 6) is 1.52. The van der Waals surface area contributed by atoms with Gasteiger partial charge in [0.2, 0.25) is 5.91 Å². The Morgan fingerprint density at radius 2 is 2.00 bits per heavy atom. The summed E-state index contributed by atoms with van der Waals surface area (Å²) in [6, 6.07) is 5.14. The van der Waals surface area contributed by atoms with Crippen LogP contribution in [0.1, 0.15) is 30.9 Å². The van der Waals surface area contributed by atoms with E-state index in [1.54, 1.807) is 16.7 Å². The molecule has 1 heterocycles. The van der Waals surface area contributed by atoms with Crippen molar-refractivity contribution in [3.05, 3.63) is 39.9 Å². The lowest BCUT2D eigenvalue weighted by Gasteiger charge is -2.21. The van der Waals surface area contributed by atoms with Crippen LogP contribution in [0.3, 0.4) is 0 Å². The van der Waals surface area contributed by atoms with Crippen LogP contribution in [0, 0.1) is 10.1 Å². The van der Waals surface area contributed by atoms with Gasteiger partial charge in [0.15, 0.2) is 0 Å². The van der Waals surface area contributed by atoms with E-state index in [9.17, 15) is 19.7 Å². The van der Waals surface area contributed by atoms with Crippen LogP contribution >= 0.6 is 11.8 Å². The lowest BCUT2D eigenvalue weighted by atomic mass is 10.0. The van der Waals surface area contributed by atoms with Crippen molar-refractivity contribution in [2.45, 2.75) is 31.4 Å². The van der Waals surface area contributed by atoms with Gasteiger partial charge in [-0.1, -0.05) is 0 Å². The van der Waals surface area contributed by atoms with E-state index in [-0.39, 0.29) is 11.6 Å². The molecule has 1 aromatic carbocycles. The molecule has 0 bridgehead atoms. The molecule has 0 aliphatic carbocycles. The molecular formula is C16H22N4O5S. The van der Waals surface area contributed by atoms with Crippen LogP contribution < -0.4 is 11.5 Å². The molecule has 4 N–H and O–H groups in total. The van der Waals surface area contributed by atoms with Crippen LogP contribution in [-0.4, -0.2) is 46.0 Å². The number of nitro groups is 1. The smallest absolute Gasteiger partial charge is 0.405 e. The third kappa shape index (κ3) is 5.60. The molecule has 0 spiro atoms. The second-order valence-electron chi connectivity index (χ2n) is 5.95. The standard InChI is InChI=1S/C16H22N4O5S/c17-13(15(21)19-8-9-26-10-19)2-1-3-14(25-16(18)22)11-4-6-12(7-5-11)20(23)24/h4-7,13-14H,1-3,8-10,17H2,(H2,18,22). The van der Waals surface area contributed by atoms with Crippen molar-refractivity contribution in [1.82, 2.24) is 4.90 Å². The summed E-state index contributed by atoms with van der Waals surface area (Å²) in [6.07, 6.45) is -0.161. The van der Waals surface area contributed by atoms with Crippen LogP contribution in [0.4, 0.5) is 10.5 Å². The predicted molar refractivity (Wildman–Crippen MR) is 97.4 cm³/mol. The summed E-state index contributed by atoms with van der Waals surface area (Å²) in [5.41, 5.74) is 11.6. The Labute approximate surface area is 155 Å². The number of hydrogen-bond donors (Lipinski definition) is 2. The van der Waals surface area contributed by atoms with Gasteiger partial charge >= 0.3 is 6.09 Å². The van der Waals surface area contributed by atoms with Crippen LogP contribution in [0.25, 0.3) is 0 Å². The van der Waals surface area contributed by atoms with E-state index in [1.807, 2.05) is 0 Å². The van der Waals surface area contributed by atoms with Crippen LogP contribution in [0.2, 0.25) is 0 Å². The van der Waals surface area contributed by atoms with Crippen LogP contribution in [-0.2, 0) is 9.53 Å². The number of nitro benzene ring substituents is 1. The maximum atomic E-state index is 12.2. The summed E-state index contributed by atoms with van der Waals surface area (Å²) in [7, 11) is 0. The number of benzene rings is 1.